The predicted octanol–water partition coefficient (Wildman–Crippen LogP) is 4.45. The molecule has 0 aliphatic carbocycles. The van der Waals surface area contributed by atoms with Gasteiger partial charge >= 0.3 is 29.8 Å². The van der Waals surface area contributed by atoms with Crippen molar-refractivity contribution in [1.29, 1.82) is 0 Å². The van der Waals surface area contributed by atoms with E-state index in [0.29, 0.717) is 11.1 Å². The van der Waals surface area contributed by atoms with Crippen LogP contribution in [0, 0.1) is 0 Å². The van der Waals surface area contributed by atoms with Crippen LogP contribution in [0.5, 0.6) is 28.7 Å². The van der Waals surface area contributed by atoms with Gasteiger partial charge in [0, 0.05) is 54.1 Å². The molecule has 10 nitrogen and oxygen atoms in total. The molecule has 0 aliphatic rings. The molecule has 0 unspecified atom stereocenters. The second kappa shape index (κ2) is 13.7. The number of hydrogen-bond donors (Lipinski definition) is 0. The maximum Gasteiger partial charge on any atom is 0.339 e. The van der Waals surface area contributed by atoms with E-state index in [2.05, 4.69) is 26.3 Å². The van der Waals surface area contributed by atoms with Crippen LogP contribution in [0.25, 0.3) is 5.57 Å². The summed E-state index contributed by atoms with van der Waals surface area (Å²) in [5, 5.41) is 0. The lowest BCUT2D eigenvalue weighted by molar-refractivity contribution is -0.130. The van der Waals surface area contributed by atoms with Crippen LogP contribution in [0.3, 0.4) is 0 Å². The molecule has 0 aliphatic heterocycles. The largest absolute Gasteiger partial charge is 0.423 e. The van der Waals surface area contributed by atoms with Gasteiger partial charge in [0.15, 0.2) is 0 Å². The van der Waals surface area contributed by atoms with E-state index in [4.69, 9.17) is 23.7 Å². The van der Waals surface area contributed by atoms with Gasteiger partial charge in [-0.2, -0.15) is 0 Å². The highest BCUT2D eigenvalue weighted by Crippen LogP contribution is 2.32. The van der Waals surface area contributed by atoms with Gasteiger partial charge in [0.25, 0.3) is 0 Å². The lowest BCUT2D eigenvalue weighted by Crippen LogP contribution is -2.12. The summed E-state index contributed by atoms with van der Waals surface area (Å²) in [6, 6.07) is 7.89. The predicted molar refractivity (Wildman–Crippen MR) is 140 cm³/mol. The van der Waals surface area contributed by atoms with Gasteiger partial charge in [-0.1, -0.05) is 26.3 Å². The zero-order valence-corrected chi connectivity index (χ0v) is 21.2. The molecule has 0 saturated heterocycles. The van der Waals surface area contributed by atoms with Gasteiger partial charge in [-0.05, 0) is 37.1 Å². The van der Waals surface area contributed by atoms with Gasteiger partial charge in [-0.3, -0.25) is 0 Å². The van der Waals surface area contributed by atoms with Crippen molar-refractivity contribution in [2.24, 2.45) is 0 Å². The fourth-order valence-corrected chi connectivity index (χ4v) is 2.81. The summed E-state index contributed by atoms with van der Waals surface area (Å²) in [6.45, 7) is 16.3. The molecule has 10 heteroatoms. The summed E-state index contributed by atoms with van der Waals surface area (Å²) in [7, 11) is 0. The molecule has 0 atom stereocenters. The van der Waals surface area contributed by atoms with Crippen LogP contribution < -0.4 is 23.7 Å². The van der Waals surface area contributed by atoms with Gasteiger partial charge in [0.05, 0.1) is 0 Å². The Labute approximate surface area is 224 Å². The van der Waals surface area contributed by atoms with Crippen LogP contribution in [-0.4, -0.2) is 29.8 Å². The Hall–Kier alpha value is -5.51. The average Bonchev–Trinajstić information content (AvgIpc) is 2.91. The first-order valence-electron chi connectivity index (χ1n) is 11.1. The van der Waals surface area contributed by atoms with Crippen molar-refractivity contribution in [2.45, 2.75) is 13.8 Å². The SMILES string of the molecule is C=CC(=O)Oc1cc(OC(=O)C=C)cc(OC(=O)/C(C)=C(\C)c2cc(OC(=O)C=C)cc(OC(=O)C=C)c2)c1. The van der Waals surface area contributed by atoms with Crippen LogP contribution in [0.15, 0.2) is 92.6 Å². The van der Waals surface area contributed by atoms with E-state index in [-0.39, 0.29) is 34.3 Å². The number of ether oxygens (including phenoxy) is 5. The van der Waals surface area contributed by atoms with Crippen molar-refractivity contribution >= 4 is 35.4 Å². The Morgan fingerprint density at radius 1 is 0.513 bits per heavy atom. The second-order valence-electron chi connectivity index (χ2n) is 7.47. The number of rotatable bonds is 11. The van der Waals surface area contributed by atoms with Crippen molar-refractivity contribution in [2.75, 3.05) is 0 Å². The van der Waals surface area contributed by atoms with Gasteiger partial charge < -0.3 is 23.7 Å². The second-order valence-corrected chi connectivity index (χ2v) is 7.47. The summed E-state index contributed by atoms with van der Waals surface area (Å²) in [6.07, 6.45) is 3.75. The quantitative estimate of drug-likeness (QED) is 0.232. The molecule has 0 bridgehead atoms. The van der Waals surface area contributed by atoms with E-state index in [1.54, 1.807) is 6.92 Å². The van der Waals surface area contributed by atoms with Crippen LogP contribution in [0.2, 0.25) is 0 Å². The summed E-state index contributed by atoms with van der Waals surface area (Å²) >= 11 is 0. The van der Waals surface area contributed by atoms with Gasteiger partial charge in [0.1, 0.15) is 28.7 Å². The molecular formula is C29H24O10. The highest BCUT2D eigenvalue weighted by Gasteiger charge is 2.17. The Morgan fingerprint density at radius 2 is 0.795 bits per heavy atom. The molecule has 2 aromatic carbocycles. The summed E-state index contributed by atoms with van der Waals surface area (Å²) < 4.78 is 25.8. The third-order valence-corrected chi connectivity index (χ3v) is 4.79. The molecule has 0 saturated carbocycles. The Kier molecular flexibility index (Phi) is 10.4. The molecule has 2 aromatic rings. The first-order valence-corrected chi connectivity index (χ1v) is 11.1. The third-order valence-electron chi connectivity index (χ3n) is 4.79. The maximum atomic E-state index is 13.0. The van der Waals surface area contributed by atoms with Gasteiger partial charge in [0.2, 0.25) is 0 Å². The highest BCUT2D eigenvalue weighted by molar-refractivity contribution is 5.98. The lowest BCUT2D eigenvalue weighted by atomic mass is 10.0. The van der Waals surface area contributed by atoms with E-state index in [0.717, 1.165) is 24.3 Å². The first kappa shape index (κ1) is 29.7. The number of esters is 5. The Bertz CT molecular complexity index is 1330. The molecule has 0 fully saturated rings. The standard InChI is InChI=1S/C29H24O10/c1-7-25(30)35-20-11-19(12-21(13-20)36-26(31)8-2)17(5)18(6)29(34)39-24-15-22(37-27(32)9-3)14-23(16-24)38-28(33)10-4/h7-16H,1-4H2,5-6H3/b18-17+. The molecule has 0 amide bonds. The van der Waals surface area contributed by atoms with E-state index < -0.39 is 29.8 Å². The van der Waals surface area contributed by atoms with Crippen molar-refractivity contribution in [3.05, 3.63) is 98.2 Å². The number of hydrogen-bond acceptors (Lipinski definition) is 10. The summed E-state index contributed by atoms with van der Waals surface area (Å²) in [5.41, 5.74) is 0.848. The molecule has 0 N–H and O–H groups in total. The third kappa shape index (κ3) is 8.83. The molecule has 2 rings (SSSR count). The van der Waals surface area contributed by atoms with E-state index >= 15 is 0 Å². The molecular weight excluding hydrogens is 508 g/mol. The lowest BCUT2D eigenvalue weighted by Gasteiger charge is -2.13. The van der Waals surface area contributed by atoms with Crippen LogP contribution >= 0.6 is 0 Å². The minimum absolute atomic E-state index is 0.0233. The number of allylic oxidation sites excluding steroid dienone is 1. The van der Waals surface area contributed by atoms with Crippen molar-refractivity contribution in [3.8, 4) is 28.7 Å². The van der Waals surface area contributed by atoms with Crippen molar-refractivity contribution in [1.82, 2.24) is 0 Å². The highest BCUT2D eigenvalue weighted by atomic mass is 16.6. The van der Waals surface area contributed by atoms with Gasteiger partial charge in [-0.15, -0.1) is 0 Å². The van der Waals surface area contributed by atoms with E-state index in [9.17, 15) is 24.0 Å². The number of benzene rings is 2. The summed E-state index contributed by atoms with van der Waals surface area (Å²) in [5.74, 6) is -4.15. The molecule has 0 radical (unpaired) electrons. The Balaban J connectivity index is 2.46. The van der Waals surface area contributed by atoms with Crippen molar-refractivity contribution < 1.29 is 47.7 Å². The first-order chi connectivity index (χ1) is 18.5. The fraction of sp³-hybridized carbons (Fsp3) is 0.0690. The van der Waals surface area contributed by atoms with Crippen LogP contribution in [0.1, 0.15) is 19.4 Å². The fourth-order valence-electron chi connectivity index (χ4n) is 2.81. The van der Waals surface area contributed by atoms with Crippen LogP contribution in [0.4, 0.5) is 0 Å². The Morgan fingerprint density at radius 3 is 1.10 bits per heavy atom. The topological polar surface area (TPSA) is 132 Å². The number of carbonyl (C=O) groups is 5. The molecule has 39 heavy (non-hydrogen) atoms. The normalized spacial score (nSPS) is 10.6. The zero-order valence-electron chi connectivity index (χ0n) is 21.2. The van der Waals surface area contributed by atoms with Crippen LogP contribution in [-0.2, 0) is 24.0 Å². The number of carbonyl (C=O) groups excluding carboxylic acids is 5. The average molecular weight is 533 g/mol. The zero-order chi connectivity index (χ0) is 29.1. The molecule has 0 spiro atoms. The maximum absolute atomic E-state index is 13.0. The van der Waals surface area contributed by atoms with E-state index in [1.165, 1.54) is 43.3 Å². The van der Waals surface area contributed by atoms with E-state index in [1.807, 2.05) is 0 Å². The van der Waals surface area contributed by atoms with Crippen molar-refractivity contribution in [3.63, 3.8) is 0 Å². The van der Waals surface area contributed by atoms with Gasteiger partial charge in [-0.25, -0.2) is 24.0 Å². The molecule has 0 aromatic heterocycles. The minimum atomic E-state index is -0.821. The smallest absolute Gasteiger partial charge is 0.339 e. The minimum Gasteiger partial charge on any atom is -0.423 e. The molecule has 200 valence electrons. The summed E-state index contributed by atoms with van der Waals surface area (Å²) in [4.78, 5) is 59.7. The molecule has 0 heterocycles. The monoisotopic (exact) mass is 532 g/mol.